The molecule has 0 amide bonds. The fraction of sp³-hybridized carbons (Fsp3) is 0.533. The molecular weight excluding hydrogens is 228 g/mol. The third-order valence-electron chi connectivity index (χ3n) is 3.72. The van der Waals surface area contributed by atoms with E-state index in [2.05, 4.69) is 6.07 Å². The van der Waals surface area contributed by atoms with E-state index in [-0.39, 0.29) is 12.1 Å². The zero-order chi connectivity index (χ0) is 13.1. The Morgan fingerprint density at radius 2 is 2.22 bits per heavy atom. The Morgan fingerprint density at radius 3 is 2.89 bits per heavy atom. The number of aryl methyl sites for hydroxylation is 1. The quantitative estimate of drug-likeness (QED) is 0.772. The van der Waals surface area contributed by atoms with E-state index in [9.17, 15) is 4.79 Å². The van der Waals surface area contributed by atoms with Crippen molar-refractivity contribution in [3.63, 3.8) is 0 Å². The van der Waals surface area contributed by atoms with Crippen molar-refractivity contribution in [2.45, 2.75) is 39.2 Å². The Morgan fingerprint density at radius 1 is 1.44 bits per heavy atom. The molecule has 0 aliphatic heterocycles. The smallest absolute Gasteiger partial charge is 0.302 e. The van der Waals surface area contributed by atoms with Gasteiger partial charge in [-0.05, 0) is 43.4 Å². The summed E-state index contributed by atoms with van der Waals surface area (Å²) in [6.45, 7) is 3.44. The van der Waals surface area contributed by atoms with Crippen LogP contribution in [0.25, 0.3) is 0 Å². The summed E-state index contributed by atoms with van der Waals surface area (Å²) in [6, 6.07) is 6.19. The molecule has 1 aromatic rings. The molecule has 3 nitrogen and oxygen atoms in total. The molecule has 18 heavy (non-hydrogen) atoms. The Kier molecular flexibility index (Phi) is 3.90. The van der Waals surface area contributed by atoms with Crippen LogP contribution >= 0.6 is 0 Å². The highest BCUT2D eigenvalue weighted by Gasteiger charge is 2.27. The summed E-state index contributed by atoms with van der Waals surface area (Å²) in [5.74, 6) is 1.14. The van der Waals surface area contributed by atoms with Gasteiger partial charge in [-0.3, -0.25) is 4.79 Å². The van der Waals surface area contributed by atoms with Crippen LogP contribution < -0.4 is 4.74 Å². The van der Waals surface area contributed by atoms with Gasteiger partial charge in [0.15, 0.2) is 0 Å². The average molecular weight is 248 g/mol. The standard InChI is InChI=1S/C15H20O3/c1-10(18-11(2)16)13-8-7-12-5-4-6-15(17-3)14(12)9-13/h4-6,10,13H,7-9H2,1-3H3. The van der Waals surface area contributed by atoms with Gasteiger partial charge < -0.3 is 9.47 Å². The molecule has 3 heteroatoms. The molecule has 98 valence electrons. The van der Waals surface area contributed by atoms with Crippen molar-refractivity contribution < 1.29 is 14.3 Å². The fourth-order valence-electron chi connectivity index (χ4n) is 2.73. The van der Waals surface area contributed by atoms with Crippen molar-refractivity contribution in [3.05, 3.63) is 29.3 Å². The minimum absolute atomic E-state index is 0.0273. The molecule has 1 aromatic carbocycles. The van der Waals surface area contributed by atoms with Gasteiger partial charge in [-0.2, -0.15) is 0 Å². The highest BCUT2D eigenvalue weighted by atomic mass is 16.5. The normalized spacial score (nSPS) is 19.8. The summed E-state index contributed by atoms with van der Waals surface area (Å²) in [4.78, 5) is 11.0. The van der Waals surface area contributed by atoms with Crippen LogP contribution in [0.4, 0.5) is 0 Å². The van der Waals surface area contributed by atoms with Crippen LogP contribution in [0.5, 0.6) is 5.75 Å². The lowest BCUT2D eigenvalue weighted by Gasteiger charge is -2.29. The highest BCUT2D eigenvalue weighted by molar-refractivity contribution is 5.66. The number of fused-ring (bicyclic) bond motifs is 1. The molecular formula is C15H20O3. The van der Waals surface area contributed by atoms with Crippen molar-refractivity contribution in [2.24, 2.45) is 5.92 Å². The van der Waals surface area contributed by atoms with Crippen LogP contribution in [-0.2, 0) is 22.4 Å². The zero-order valence-corrected chi connectivity index (χ0v) is 11.2. The van der Waals surface area contributed by atoms with E-state index in [4.69, 9.17) is 9.47 Å². The molecule has 1 aliphatic carbocycles. The number of methoxy groups -OCH3 is 1. The lowest BCUT2D eigenvalue weighted by atomic mass is 9.81. The first-order valence-corrected chi connectivity index (χ1v) is 6.43. The molecule has 0 bridgehead atoms. The number of esters is 1. The first-order chi connectivity index (χ1) is 8.61. The summed E-state index contributed by atoms with van der Waals surface area (Å²) >= 11 is 0. The largest absolute Gasteiger partial charge is 0.496 e. The van der Waals surface area contributed by atoms with Crippen molar-refractivity contribution >= 4 is 5.97 Å². The van der Waals surface area contributed by atoms with Crippen LogP contribution in [0.3, 0.4) is 0 Å². The van der Waals surface area contributed by atoms with Gasteiger partial charge >= 0.3 is 5.97 Å². The van der Waals surface area contributed by atoms with Crippen molar-refractivity contribution in [1.82, 2.24) is 0 Å². The summed E-state index contributed by atoms with van der Waals surface area (Å²) in [6.07, 6.45) is 2.99. The second-order valence-corrected chi connectivity index (χ2v) is 4.92. The molecule has 2 unspecified atom stereocenters. The minimum Gasteiger partial charge on any atom is -0.496 e. The Labute approximate surface area is 108 Å². The highest BCUT2D eigenvalue weighted by Crippen LogP contribution is 2.34. The van der Waals surface area contributed by atoms with Gasteiger partial charge in [0, 0.05) is 12.8 Å². The lowest BCUT2D eigenvalue weighted by Crippen LogP contribution is -2.28. The van der Waals surface area contributed by atoms with E-state index >= 15 is 0 Å². The second-order valence-electron chi connectivity index (χ2n) is 4.92. The maximum absolute atomic E-state index is 11.0. The second kappa shape index (κ2) is 5.42. The monoisotopic (exact) mass is 248 g/mol. The van der Waals surface area contributed by atoms with Crippen molar-refractivity contribution in [1.29, 1.82) is 0 Å². The van der Waals surface area contributed by atoms with E-state index in [1.54, 1.807) is 7.11 Å². The predicted octanol–water partition coefficient (Wildman–Crippen LogP) is 2.75. The molecule has 0 aromatic heterocycles. The van der Waals surface area contributed by atoms with E-state index in [0.717, 1.165) is 25.0 Å². The van der Waals surface area contributed by atoms with Crippen LogP contribution in [-0.4, -0.2) is 19.2 Å². The number of carbonyl (C=O) groups is 1. The summed E-state index contributed by atoms with van der Waals surface area (Å²) in [5.41, 5.74) is 2.64. The molecule has 0 fully saturated rings. The molecule has 0 N–H and O–H groups in total. The third kappa shape index (κ3) is 2.66. The van der Waals surface area contributed by atoms with E-state index in [1.165, 1.54) is 18.1 Å². The molecule has 0 saturated heterocycles. The molecule has 0 heterocycles. The summed E-state index contributed by atoms with van der Waals surface area (Å²) in [7, 11) is 1.70. The van der Waals surface area contributed by atoms with E-state index < -0.39 is 0 Å². The molecule has 2 atom stereocenters. The molecule has 0 radical (unpaired) electrons. The maximum Gasteiger partial charge on any atom is 0.302 e. The summed E-state index contributed by atoms with van der Waals surface area (Å²) < 4.78 is 10.7. The third-order valence-corrected chi connectivity index (χ3v) is 3.72. The SMILES string of the molecule is COc1cccc2c1CC(C(C)OC(C)=O)CC2. The Hall–Kier alpha value is -1.51. The molecule has 2 rings (SSSR count). The van der Waals surface area contributed by atoms with Gasteiger partial charge in [0.25, 0.3) is 0 Å². The lowest BCUT2D eigenvalue weighted by molar-refractivity contribution is -0.148. The first-order valence-electron chi connectivity index (χ1n) is 6.43. The van der Waals surface area contributed by atoms with Crippen molar-refractivity contribution in [3.8, 4) is 5.75 Å². The number of carbonyl (C=O) groups excluding carboxylic acids is 1. The zero-order valence-electron chi connectivity index (χ0n) is 11.2. The molecule has 0 spiro atoms. The number of hydrogen-bond acceptors (Lipinski definition) is 3. The average Bonchev–Trinajstić information content (AvgIpc) is 2.36. The molecule has 1 aliphatic rings. The summed E-state index contributed by atoms with van der Waals surface area (Å²) in [5, 5.41) is 0. The Balaban J connectivity index is 2.15. The fourth-order valence-corrected chi connectivity index (χ4v) is 2.73. The molecule has 0 saturated carbocycles. The maximum atomic E-state index is 11.0. The van der Waals surface area contributed by atoms with Gasteiger partial charge in [0.05, 0.1) is 7.11 Å². The van der Waals surface area contributed by atoms with Gasteiger partial charge in [-0.25, -0.2) is 0 Å². The van der Waals surface area contributed by atoms with Gasteiger partial charge in [-0.15, -0.1) is 0 Å². The van der Waals surface area contributed by atoms with Crippen LogP contribution in [0.15, 0.2) is 18.2 Å². The number of hydrogen-bond donors (Lipinski definition) is 0. The van der Waals surface area contributed by atoms with Gasteiger partial charge in [0.1, 0.15) is 11.9 Å². The number of benzene rings is 1. The number of rotatable bonds is 3. The Bertz CT molecular complexity index is 425. The number of ether oxygens (including phenoxy) is 2. The van der Waals surface area contributed by atoms with Gasteiger partial charge in [-0.1, -0.05) is 12.1 Å². The predicted molar refractivity (Wildman–Crippen MR) is 69.7 cm³/mol. The van der Waals surface area contributed by atoms with E-state index in [0.29, 0.717) is 5.92 Å². The van der Waals surface area contributed by atoms with Crippen molar-refractivity contribution in [2.75, 3.05) is 7.11 Å². The van der Waals surface area contributed by atoms with E-state index in [1.807, 2.05) is 19.1 Å². The minimum atomic E-state index is -0.201. The van der Waals surface area contributed by atoms with Crippen LogP contribution in [0.2, 0.25) is 0 Å². The van der Waals surface area contributed by atoms with Crippen LogP contribution in [0, 0.1) is 5.92 Å². The van der Waals surface area contributed by atoms with Gasteiger partial charge in [0.2, 0.25) is 0 Å². The van der Waals surface area contributed by atoms with Crippen LogP contribution in [0.1, 0.15) is 31.4 Å². The first kappa shape index (κ1) is 12.9. The topological polar surface area (TPSA) is 35.5 Å².